The standard InChI is InChI=1S/C14H26N2O3/c1-4-16(12-8-6-5-7-9-12)11(3)13(17)15-10(2)14(18)19/h10-12H,4-9H2,1-3H3,(H,15,17)(H,18,19). The summed E-state index contributed by atoms with van der Waals surface area (Å²) in [5.74, 6) is -1.19. The van der Waals surface area contributed by atoms with E-state index in [4.69, 9.17) is 5.11 Å². The van der Waals surface area contributed by atoms with Gasteiger partial charge in [0.25, 0.3) is 0 Å². The lowest BCUT2D eigenvalue weighted by atomic mass is 9.93. The van der Waals surface area contributed by atoms with Gasteiger partial charge in [0.1, 0.15) is 6.04 Å². The van der Waals surface area contributed by atoms with E-state index in [1.807, 2.05) is 6.92 Å². The molecule has 2 N–H and O–H groups in total. The molecule has 19 heavy (non-hydrogen) atoms. The number of carboxylic acids is 1. The maximum absolute atomic E-state index is 12.1. The third-order valence-electron chi connectivity index (χ3n) is 4.01. The van der Waals surface area contributed by atoms with Crippen molar-refractivity contribution in [3.63, 3.8) is 0 Å². The Hall–Kier alpha value is -1.10. The minimum Gasteiger partial charge on any atom is -0.480 e. The molecule has 0 aliphatic heterocycles. The summed E-state index contributed by atoms with van der Waals surface area (Å²) in [5, 5.41) is 11.4. The molecule has 5 heteroatoms. The Morgan fingerprint density at radius 3 is 2.32 bits per heavy atom. The first-order valence-electron chi connectivity index (χ1n) is 7.26. The van der Waals surface area contributed by atoms with Crippen LogP contribution in [0.3, 0.4) is 0 Å². The second-order valence-corrected chi connectivity index (χ2v) is 5.37. The number of nitrogens with zero attached hydrogens (tertiary/aromatic N) is 1. The van der Waals surface area contributed by atoms with Gasteiger partial charge in [0.05, 0.1) is 6.04 Å². The number of likely N-dealkylation sites (N-methyl/N-ethyl adjacent to an activating group) is 1. The van der Waals surface area contributed by atoms with Crippen LogP contribution in [0.1, 0.15) is 52.9 Å². The maximum Gasteiger partial charge on any atom is 0.325 e. The van der Waals surface area contributed by atoms with E-state index in [1.165, 1.54) is 26.2 Å². The normalized spacial score (nSPS) is 20.0. The molecule has 2 unspecified atom stereocenters. The Morgan fingerprint density at radius 2 is 1.84 bits per heavy atom. The van der Waals surface area contributed by atoms with Gasteiger partial charge in [-0.25, -0.2) is 0 Å². The van der Waals surface area contributed by atoms with Gasteiger partial charge in [0.15, 0.2) is 0 Å². The Bertz CT molecular complexity index is 314. The number of nitrogens with one attached hydrogen (secondary N) is 1. The van der Waals surface area contributed by atoms with Crippen LogP contribution in [-0.2, 0) is 9.59 Å². The van der Waals surface area contributed by atoms with Crippen LogP contribution in [0, 0.1) is 0 Å². The average molecular weight is 270 g/mol. The number of aliphatic carboxylic acids is 1. The van der Waals surface area contributed by atoms with Crippen molar-refractivity contribution < 1.29 is 14.7 Å². The number of amides is 1. The summed E-state index contributed by atoms with van der Waals surface area (Å²) in [6.07, 6.45) is 6.01. The summed E-state index contributed by atoms with van der Waals surface area (Å²) in [6.45, 7) is 6.23. The number of carbonyl (C=O) groups excluding carboxylic acids is 1. The highest BCUT2D eigenvalue weighted by atomic mass is 16.4. The first-order valence-corrected chi connectivity index (χ1v) is 7.26. The van der Waals surface area contributed by atoms with Gasteiger partial charge in [-0.2, -0.15) is 0 Å². The van der Waals surface area contributed by atoms with Crippen LogP contribution in [0.15, 0.2) is 0 Å². The van der Waals surface area contributed by atoms with Crippen LogP contribution in [0.5, 0.6) is 0 Å². The molecule has 1 amide bonds. The summed E-state index contributed by atoms with van der Waals surface area (Å²) in [5.41, 5.74) is 0. The zero-order valence-electron chi connectivity index (χ0n) is 12.2. The molecule has 0 radical (unpaired) electrons. The van der Waals surface area contributed by atoms with Crippen molar-refractivity contribution in [1.29, 1.82) is 0 Å². The minimum absolute atomic E-state index is 0.192. The van der Waals surface area contributed by atoms with Gasteiger partial charge in [0.2, 0.25) is 5.91 Å². The molecule has 0 spiro atoms. The molecule has 5 nitrogen and oxygen atoms in total. The first-order chi connectivity index (χ1) is 8.97. The summed E-state index contributed by atoms with van der Waals surface area (Å²) in [6, 6.07) is -0.644. The molecule has 1 saturated carbocycles. The Labute approximate surface area is 115 Å². The molecule has 1 fully saturated rings. The molecule has 1 aliphatic carbocycles. The molecule has 0 heterocycles. The minimum atomic E-state index is -0.999. The smallest absolute Gasteiger partial charge is 0.325 e. The lowest BCUT2D eigenvalue weighted by Crippen LogP contribution is -2.52. The van der Waals surface area contributed by atoms with Crippen LogP contribution in [0.25, 0.3) is 0 Å². The number of carbonyl (C=O) groups is 2. The van der Waals surface area contributed by atoms with Crippen LogP contribution in [0.4, 0.5) is 0 Å². The predicted octanol–water partition coefficient (Wildman–Crippen LogP) is 1.62. The van der Waals surface area contributed by atoms with E-state index in [0.29, 0.717) is 6.04 Å². The highest BCUT2D eigenvalue weighted by molar-refractivity contribution is 5.86. The van der Waals surface area contributed by atoms with Crippen LogP contribution in [-0.4, -0.2) is 46.6 Å². The number of hydrogen-bond acceptors (Lipinski definition) is 3. The van der Waals surface area contributed by atoms with Crippen molar-refractivity contribution in [1.82, 2.24) is 10.2 Å². The summed E-state index contributed by atoms with van der Waals surface area (Å²) in [4.78, 5) is 25.1. The zero-order valence-corrected chi connectivity index (χ0v) is 12.2. The molecule has 2 atom stereocenters. The zero-order chi connectivity index (χ0) is 14.4. The summed E-state index contributed by atoms with van der Waals surface area (Å²) in [7, 11) is 0. The van der Waals surface area contributed by atoms with Gasteiger partial charge in [-0.05, 0) is 33.2 Å². The molecule has 0 aromatic heterocycles. The third-order valence-corrected chi connectivity index (χ3v) is 4.01. The fraction of sp³-hybridized carbons (Fsp3) is 0.857. The van der Waals surface area contributed by atoms with Gasteiger partial charge < -0.3 is 10.4 Å². The van der Waals surface area contributed by atoms with Crippen LogP contribution < -0.4 is 5.32 Å². The Morgan fingerprint density at radius 1 is 1.26 bits per heavy atom. The molecule has 0 saturated heterocycles. The molecular formula is C14H26N2O3. The van der Waals surface area contributed by atoms with Crippen molar-refractivity contribution in [3.05, 3.63) is 0 Å². The highest BCUT2D eigenvalue weighted by Crippen LogP contribution is 2.24. The van der Waals surface area contributed by atoms with Gasteiger partial charge in [-0.3, -0.25) is 14.5 Å². The van der Waals surface area contributed by atoms with E-state index in [-0.39, 0.29) is 11.9 Å². The summed E-state index contributed by atoms with van der Waals surface area (Å²) < 4.78 is 0. The van der Waals surface area contributed by atoms with Gasteiger partial charge in [-0.15, -0.1) is 0 Å². The van der Waals surface area contributed by atoms with Crippen molar-refractivity contribution in [2.45, 2.75) is 71.0 Å². The van der Waals surface area contributed by atoms with Crippen molar-refractivity contribution in [2.75, 3.05) is 6.54 Å². The average Bonchev–Trinajstić information content (AvgIpc) is 2.40. The fourth-order valence-corrected chi connectivity index (χ4v) is 2.81. The maximum atomic E-state index is 12.1. The second kappa shape index (κ2) is 7.48. The highest BCUT2D eigenvalue weighted by Gasteiger charge is 2.29. The van der Waals surface area contributed by atoms with Gasteiger partial charge in [0, 0.05) is 6.04 Å². The molecular weight excluding hydrogens is 244 g/mol. The fourth-order valence-electron chi connectivity index (χ4n) is 2.81. The molecule has 0 aromatic carbocycles. The quantitative estimate of drug-likeness (QED) is 0.769. The number of rotatable bonds is 6. The van der Waals surface area contributed by atoms with E-state index < -0.39 is 12.0 Å². The lowest BCUT2D eigenvalue weighted by molar-refractivity contribution is -0.142. The Kier molecular flexibility index (Phi) is 6.28. The van der Waals surface area contributed by atoms with Crippen LogP contribution in [0.2, 0.25) is 0 Å². The Balaban J connectivity index is 2.58. The molecule has 1 rings (SSSR count). The second-order valence-electron chi connectivity index (χ2n) is 5.37. The van der Waals surface area contributed by atoms with E-state index >= 15 is 0 Å². The third kappa shape index (κ3) is 4.49. The molecule has 0 bridgehead atoms. The van der Waals surface area contributed by atoms with Crippen molar-refractivity contribution in [2.24, 2.45) is 0 Å². The van der Waals surface area contributed by atoms with E-state index in [1.54, 1.807) is 0 Å². The van der Waals surface area contributed by atoms with E-state index in [2.05, 4.69) is 17.1 Å². The molecule has 0 aromatic rings. The monoisotopic (exact) mass is 270 g/mol. The summed E-state index contributed by atoms with van der Waals surface area (Å²) >= 11 is 0. The van der Waals surface area contributed by atoms with Gasteiger partial charge >= 0.3 is 5.97 Å². The molecule has 110 valence electrons. The number of carboxylic acid groups (broad SMARTS) is 1. The van der Waals surface area contributed by atoms with Crippen LogP contribution >= 0.6 is 0 Å². The topological polar surface area (TPSA) is 69.6 Å². The van der Waals surface area contributed by atoms with Crippen molar-refractivity contribution in [3.8, 4) is 0 Å². The van der Waals surface area contributed by atoms with Gasteiger partial charge in [-0.1, -0.05) is 26.2 Å². The van der Waals surface area contributed by atoms with E-state index in [9.17, 15) is 9.59 Å². The first kappa shape index (κ1) is 16.0. The molecule has 1 aliphatic rings. The number of hydrogen-bond donors (Lipinski definition) is 2. The SMILES string of the molecule is CCN(C1CCCCC1)C(C)C(=O)NC(C)C(=O)O. The predicted molar refractivity (Wildman–Crippen MR) is 74.0 cm³/mol. The van der Waals surface area contributed by atoms with E-state index in [0.717, 1.165) is 19.4 Å². The lowest BCUT2D eigenvalue weighted by Gasteiger charge is -2.37. The largest absolute Gasteiger partial charge is 0.480 e. The van der Waals surface area contributed by atoms with Crippen molar-refractivity contribution >= 4 is 11.9 Å².